The Balaban J connectivity index is 3.11. The van der Waals surface area contributed by atoms with E-state index in [1.807, 2.05) is 0 Å². The zero-order chi connectivity index (χ0) is 15.1. The number of methoxy groups -OCH3 is 1. The molecule has 0 atom stereocenters. The molecule has 5 nitrogen and oxygen atoms in total. The highest BCUT2D eigenvalue weighted by molar-refractivity contribution is 5.75. The van der Waals surface area contributed by atoms with E-state index in [0.717, 1.165) is 25.4 Å². The van der Waals surface area contributed by atoms with Crippen molar-refractivity contribution in [1.29, 1.82) is 0 Å². The van der Waals surface area contributed by atoms with Crippen LogP contribution in [-0.4, -0.2) is 52.6 Å². The van der Waals surface area contributed by atoms with Crippen LogP contribution < -0.4 is 5.32 Å². The second kappa shape index (κ2) is 14.8. The van der Waals surface area contributed by atoms with Crippen LogP contribution in [0.4, 0.5) is 0 Å². The number of rotatable bonds is 14. The van der Waals surface area contributed by atoms with E-state index in [2.05, 4.69) is 19.2 Å². The highest BCUT2D eigenvalue weighted by atomic mass is 16.5. The molecule has 0 unspecified atom stereocenters. The first-order chi connectivity index (χ1) is 9.66. The van der Waals surface area contributed by atoms with Crippen molar-refractivity contribution >= 4 is 5.91 Å². The Bertz CT molecular complexity index is 222. The molecule has 1 amide bonds. The van der Waals surface area contributed by atoms with Gasteiger partial charge in [0.25, 0.3) is 0 Å². The smallest absolute Gasteiger partial charge is 0.220 e. The molecule has 120 valence electrons. The van der Waals surface area contributed by atoms with Crippen molar-refractivity contribution in [2.45, 2.75) is 39.5 Å². The van der Waals surface area contributed by atoms with Gasteiger partial charge in [-0.05, 0) is 25.2 Å². The average Bonchev–Trinajstić information content (AvgIpc) is 2.41. The van der Waals surface area contributed by atoms with Crippen LogP contribution in [-0.2, 0) is 19.0 Å². The molecule has 0 saturated carbocycles. The first-order valence-electron chi connectivity index (χ1n) is 7.58. The summed E-state index contributed by atoms with van der Waals surface area (Å²) in [5, 5.41) is 2.80. The number of hydrogen-bond donors (Lipinski definition) is 1. The predicted octanol–water partition coefficient (Wildman–Crippen LogP) is 2.00. The quantitative estimate of drug-likeness (QED) is 0.497. The van der Waals surface area contributed by atoms with Crippen molar-refractivity contribution in [3.8, 4) is 0 Å². The zero-order valence-electron chi connectivity index (χ0n) is 13.3. The lowest BCUT2D eigenvalue weighted by molar-refractivity contribution is -0.121. The van der Waals surface area contributed by atoms with Crippen molar-refractivity contribution in [2.24, 2.45) is 5.92 Å². The second-order valence-electron chi connectivity index (χ2n) is 5.21. The normalized spacial score (nSPS) is 11.0. The van der Waals surface area contributed by atoms with Crippen molar-refractivity contribution < 1.29 is 19.0 Å². The van der Waals surface area contributed by atoms with Gasteiger partial charge in [0.1, 0.15) is 0 Å². The molecule has 20 heavy (non-hydrogen) atoms. The van der Waals surface area contributed by atoms with Crippen LogP contribution in [0.15, 0.2) is 0 Å². The molecule has 0 spiro atoms. The number of hydrogen-bond acceptors (Lipinski definition) is 4. The van der Waals surface area contributed by atoms with Gasteiger partial charge >= 0.3 is 0 Å². The van der Waals surface area contributed by atoms with Crippen LogP contribution in [0.5, 0.6) is 0 Å². The van der Waals surface area contributed by atoms with Gasteiger partial charge in [-0.15, -0.1) is 0 Å². The Morgan fingerprint density at radius 1 is 1.00 bits per heavy atom. The van der Waals surface area contributed by atoms with E-state index >= 15 is 0 Å². The van der Waals surface area contributed by atoms with E-state index in [-0.39, 0.29) is 5.91 Å². The Kier molecular flexibility index (Phi) is 14.3. The van der Waals surface area contributed by atoms with Crippen LogP contribution >= 0.6 is 0 Å². The number of ether oxygens (including phenoxy) is 3. The minimum atomic E-state index is 0.0515. The summed E-state index contributed by atoms with van der Waals surface area (Å²) >= 11 is 0. The van der Waals surface area contributed by atoms with E-state index < -0.39 is 0 Å². The maximum Gasteiger partial charge on any atom is 0.220 e. The molecular formula is C15H31NO4. The lowest BCUT2D eigenvalue weighted by atomic mass is 10.1. The Morgan fingerprint density at radius 3 is 2.35 bits per heavy atom. The summed E-state index contributed by atoms with van der Waals surface area (Å²) in [6, 6.07) is 0. The van der Waals surface area contributed by atoms with Crippen LogP contribution in [0.3, 0.4) is 0 Å². The van der Waals surface area contributed by atoms with Crippen LogP contribution in [0, 0.1) is 5.92 Å². The Labute approximate surface area is 123 Å². The third-order valence-corrected chi connectivity index (χ3v) is 2.76. The molecule has 0 bridgehead atoms. The van der Waals surface area contributed by atoms with Gasteiger partial charge in [-0.3, -0.25) is 4.79 Å². The minimum Gasteiger partial charge on any atom is -0.385 e. The van der Waals surface area contributed by atoms with Crippen LogP contribution in [0.2, 0.25) is 0 Å². The fourth-order valence-corrected chi connectivity index (χ4v) is 1.64. The first kappa shape index (κ1) is 19.4. The lowest BCUT2D eigenvalue weighted by Gasteiger charge is -2.08. The second-order valence-corrected chi connectivity index (χ2v) is 5.21. The number of nitrogens with one attached hydrogen (secondary N) is 1. The molecule has 0 aliphatic carbocycles. The number of carbonyl (C=O) groups excluding carboxylic acids is 1. The van der Waals surface area contributed by atoms with Crippen molar-refractivity contribution in [1.82, 2.24) is 5.32 Å². The third-order valence-electron chi connectivity index (χ3n) is 2.76. The summed E-state index contributed by atoms with van der Waals surface area (Å²) < 4.78 is 15.7. The standard InChI is InChI=1S/C15H31NO4/c1-14(2)6-4-10-19-12-13-20-11-8-16-15(17)7-5-9-18-3/h14H,4-13H2,1-3H3,(H,16,17). The van der Waals surface area contributed by atoms with E-state index in [4.69, 9.17) is 14.2 Å². The van der Waals surface area contributed by atoms with Crippen LogP contribution in [0.1, 0.15) is 39.5 Å². The predicted molar refractivity (Wildman–Crippen MR) is 79.8 cm³/mol. The largest absolute Gasteiger partial charge is 0.385 e. The van der Waals surface area contributed by atoms with Crippen molar-refractivity contribution in [2.75, 3.05) is 46.7 Å². The van der Waals surface area contributed by atoms with Gasteiger partial charge in [0, 0.05) is 33.3 Å². The molecule has 0 aliphatic rings. The fraction of sp³-hybridized carbons (Fsp3) is 0.933. The van der Waals surface area contributed by atoms with Gasteiger partial charge in [0.05, 0.1) is 19.8 Å². The summed E-state index contributed by atoms with van der Waals surface area (Å²) in [5.74, 6) is 0.790. The first-order valence-corrected chi connectivity index (χ1v) is 7.58. The summed E-state index contributed by atoms with van der Waals surface area (Å²) in [6.07, 6.45) is 3.57. The molecular weight excluding hydrogens is 258 g/mol. The van der Waals surface area contributed by atoms with E-state index in [1.54, 1.807) is 7.11 Å². The molecule has 0 heterocycles. The van der Waals surface area contributed by atoms with Gasteiger partial charge in [-0.1, -0.05) is 13.8 Å². The summed E-state index contributed by atoms with van der Waals surface area (Å²) in [6.45, 7) is 8.15. The summed E-state index contributed by atoms with van der Waals surface area (Å²) in [7, 11) is 1.64. The monoisotopic (exact) mass is 289 g/mol. The fourth-order valence-electron chi connectivity index (χ4n) is 1.64. The molecule has 0 aromatic carbocycles. The zero-order valence-corrected chi connectivity index (χ0v) is 13.3. The maximum atomic E-state index is 11.3. The molecule has 0 radical (unpaired) electrons. The molecule has 0 saturated heterocycles. The molecule has 5 heteroatoms. The number of carbonyl (C=O) groups is 1. The molecule has 0 rings (SSSR count). The van der Waals surface area contributed by atoms with Gasteiger partial charge < -0.3 is 19.5 Å². The third kappa shape index (κ3) is 15.4. The van der Waals surface area contributed by atoms with Gasteiger partial charge in [0.15, 0.2) is 0 Å². The molecule has 0 aromatic rings. The highest BCUT2D eigenvalue weighted by Gasteiger charge is 1.99. The summed E-state index contributed by atoms with van der Waals surface area (Å²) in [4.78, 5) is 11.3. The molecule has 1 N–H and O–H groups in total. The Hall–Kier alpha value is -0.650. The topological polar surface area (TPSA) is 56.8 Å². The van der Waals surface area contributed by atoms with Crippen LogP contribution in [0.25, 0.3) is 0 Å². The summed E-state index contributed by atoms with van der Waals surface area (Å²) in [5.41, 5.74) is 0. The molecule has 0 aromatic heterocycles. The maximum absolute atomic E-state index is 11.3. The minimum absolute atomic E-state index is 0.0515. The molecule has 0 aliphatic heterocycles. The number of amides is 1. The van der Waals surface area contributed by atoms with Gasteiger partial charge in [-0.2, -0.15) is 0 Å². The SMILES string of the molecule is COCCCC(=O)NCCOCCOCCCC(C)C. The van der Waals surface area contributed by atoms with Crippen molar-refractivity contribution in [3.05, 3.63) is 0 Å². The van der Waals surface area contributed by atoms with E-state index in [1.165, 1.54) is 6.42 Å². The van der Waals surface area contributed by atoms with E-state index in [0.29, 0.717) is 39.4 Å². The Morgan fingerprint density at radius 2 is 1.70 bits per heavy atom. The molecule has 0 fully saturated rings. The van der Waals surface area contributed by atoms with Gasteiger partial charge in [0.2, 0.25) is 5.91 Å². The average molecular weight is 289 g/mol. The van der Waals surface area contributed by atoms with Crippen molar-refractivity contribution in [3.63, 3.8) is 0 Å². The van der Waals surface area contributed by atoms with E-state index in [9.17, 15) is 4.79 Å². The lowest BCUT2D eigenvalue weighted by Crippen LogP contribution is -2.27. The highest BCUT2D eigenvalue weighted by Crippen LogP contribution is 2.02. The van der Waals surface area contributed by atoms with Gasteiger partial charge in [-0.25, -0.2) is 0 Å².